The fraction of sp³-hybridized carbons (Fsp3) is 0.444. The first kappa shape index (κ1) is 16.0. The molecular weight excluding hydrogens is 310 g/mol. The summed E-state index contributed by atoms with van der Waals surface area (Å²) < 4.78 is 12.9. The molecule has 0 radical (unpaired) electrons. The minimum absolute atomic E-state index is 0.135. The van der Waals surface area contributed by atoms with Crippen LogP contribution in [0.5, 0.6) is 0 Å². The molecule has 1 aromatic carbocycles. The number of aryl methyl sites for hydroxylation is 1. The first-order valence-corrected chi connectivity index (χ1v) is 8.18. The summed E-state index contributed by atoms with van der Waals surface area (Å²) in [5.41, 5.74) is 3.70. The zero-order valence-corrected chi connectivity index (χ0v) is 14.8. The molecule has 1 aromatic heterocycles. The Balaban J connectivity index is 2.10. The summed E-state index contributed by atoms with van der Waals surface area (Å²) in [6.07, 6.45) is 0.802. The Bertz CT molecular complexity index is 799. The Morgan fingerprint density at radius 1 is 1.39 bits per heavy atom. The number of carbonyl (C=O) groups excluding carboxylic acids is 1. The second-order valence-corrected chi connectivity index (χ2v) is 7.28. The lowest BCUT2D eigenvalue weighted by molar-refractivity contribution is -0.155. The lowest BCUT2D eigenvalue weighted by Crippen LogP contribution is -2.28. The molecule has 3 rings (SSSR count). The van der Waals surface area contributed by atoms with Crippen molar-refractivity contribution in [1.82, 2.24) is 4.57 Å². The van der Waals surface area contributed by atoms with Crippen LogP contribution in [-0.4, -0.2) is 27.8 Å². The number of rotatable bonds is 2. The highest BCUT2D eigenvalue weighted by Gasteiger charge is 2.27. The summed E-state index contributed by atoms with van der Waals surface area (Å²) in [6, 6.07) is 6.23. The van der Waals surface area contributed by atoms with Crippen molar-refractivity contribution in [3.05, 3.63) is 35.0 Å². The number of ether oxygens (including phenoxy) is 2. The summed E-state index contributed by atoms with van der Waals surface area (Å²) >= 11 is 5.39. The van der Waals surface area contributed by atoms with E-state index in [4.69, 9.17) is 21.7 Å². The van der Waals surface area contributed by atoms with Gasteiger partial charge in [-0.1, -0.05) is 11.6 Å². The lowest BCUT2D eigenvalue weighted by Gasteiger charge is -2.21. The van der Waals surface area contributed by atoms with Gasteiger partial charge in [-0.25, -0.2) is 0 Å². The molecule has 122 valence electrons. The molecule has 0 amide bonds. The van der Waals surface area contributed by atoms with E-state index in [1.165, 1.54) is 11.1 Å². The molecule has 0 saturated heterocycles. The predicted molar refractivity (Wildman–Crippen MR) is 93.9 cm³/mol. The average molecular weight is 331 g/mol. The number of nitrogens with zero attached hydrogens (tertiary/aromatic N) is 1. The third kappa shape index (κ3) is 3.11. The van der Waals surface area contributed by atoms with Crippen LogP contribution in [0.2, 0.25) is 0 Å². The summed E-state index contributed by atoms with van der Waals surface area (Å²) in [5.74, 6) is -0.272. The van der Waals surface area contributed by atoms with Crippen LogP contribution >= 0.6 is 12.2 Å². The molecular formula is C18H21NO3S. The molecule has 0 bridgehead atoms. The van der Waals surface area contributed by atoms with Crippen molar-refractivity contribution in [3.8, 4) is 0 Å². The molecule has 0 saturated carbocycles. The molecule has 0 unspecified atom stereocenters. The number of thiocarbonyl (C=S) groups is 1. The van der Waals surface area contributed by atoms with Gasteiger partial charge in [0.2, 0.25) is 5.05 Å². The highest BCUT2D eigenvalue weighted by molar-refractivity contribution is 7.80. The van der Waals surface area contributed by atoms with Gasteiger partial charge >= 0.3 is 5.97 Å². The maximum Gasteiger partial charge on any atom is 0.326 e. The Labute approximate surface area is 141 Å². The van der Waals surface area contributed by atoms with E-state index in [2.05, 4.69) is 13.0 Å². The number of carbonyl (C=O) groups is 1. The van der Waals surface area contributed by atoms with Gasteiger partial charge < -0.3 is 14.0 Å². The largest absolute Gasteiger partial charge is 0.481 e. The Kier molecular flexibility index (Phi) is 3.92. The van der Waals surface area contributed by atoms with Gasteiger partial charge in [0.1, 0.15) is 17.8 Å². The maximum atomic E-state index is 12.3. The first-order chi connectivity index (χ1) is 10.8. The molecule has 0 aliphatic carbocycles. The molecule has 0 spiro atoms. The number of aromatic nitrogens is 1. The Hall–Kier alpha value is -1.88. The molecule has 0 fully saturated rings. The highest BCUT2D eigenvalue weighted by atomic mass is 32.1. The number of hydrogen-bond acceptors (Lipinski definition) is 4. The van der Waals surface area contributed by atoms with Crippen LogP contribution in [0.3, 0.4) is 0 Å². The number of esters is 1. The lowest BCUT2D eigenvalue weighted by atomic mass is 10.0. The summed E-state index contributed by atoms with van der Waals surface area (Å²) in [4.78, 5) is 12.3. The third-order valence-electron chi connectivity index (χ3n) is 3.81. The first-order valence-electron chi connectivity index (χ1n) is 7.77. The molecule has 1 aliphatic heterocycles. The molecule has 5 heteroatoms. The molecule has 0 N–H and O–H groups in total. The van der Waals surface area contributed by atoms with Crippen molar-refractivity contribution >= 4 is 34.1 Å². The van der Waals surface area contributed by atoms with Gasteiger partial charge in [0, 0.05) is 17.3 Å². The van der Waals surface area contributed by atoms with E-state index in [0.29, 0.717) is 11.7 Å². The van der Waals surface area contributed by atoms with Gasteiger partial charge in [0.05, 0.1) is 6.61 Å². The molecule has 1 aliphatic rings. The zero-order chi connectivity index (χ0) is 16.8. The molecule has 4 nitrogen and oxygen atoms in total. The van der Waals surface area contributed by atoms with Crippen LogP contribution in [-0.2, 0) is 27.2 Å². The van der Waals surface area contributed by atoms with E-state index in [0.717, 1.165) is 23.0 Å². The second kappa shape index (κ2) is 5.64. The van der Waals surface area contributed by atoms with Crippen molar-refractivity contribution in [2.24, 2.45) is 0 Å². The zero-order valence-electron chi connectivity index (χ0n) is 13.9. The highest BCUT2D eigenvalue weighted by Crippen LogP contribution is 2.31. The summed E-state index contributed by atoms with van der Waals surface area (Å²) in [6.45, 7) is 8.39. The van der Waals surface area contributed by atoms with Crippen LogP contribution in [0.25, 0.3) is 10.9 Å². The standard InChI is InChI=1S/C18H21NO3S/c1-11-5-6-14-13(9-11)12-7-8-21-17(23)16(12)19(14)10-15(20)22-18(2,3)4/h5-6,9H,7-8,10H2,1-4H3. The molecule has 23 heavy (non-hydrogen) atoms. The van der Waals surface area contributed by atoms with E-state index in [1.54, 1.807) is 0 Å². The monoisotopic (exact) mass is 331 g/mol. The predicted octanol–water partition coefficient (Wildman–Crippen LogP) is 3.54. The number of benzene rings is 1. The third-order valence-corrected chi connectivity index (χ3v) is 4.12. The van der Waals surface area contributed by atoms with E-state index in [1.807, 2.05) is 37.5 Å². The average Bonchev–Trinajstić information content (AvgIpc) is 2.72. The van der Waals surface area contributed by atoms with Crippen LogP contribution in [0.4, 0.5) is 0 Å². The van der Waals surface area contributed by atoms with Crippen molar-refractivity contribution in [1.29, 1.82) is 0 Å². The van der Waals surface area contributed by atoms with Crippen LogP contribution < -0.4 is 0 Å². The Morgan fingerprint density at radius 3 is 2.83 bits per heavy atom. The van der Waals surface area contributed by atoms with Gasteiger partial charge in [-0.3, -0.25) is 4.79 Å². The molecule has 2 heterocycles. The SMILES string of the molecule is Cc1ccc2c(c1)c1c(n2CC(=O)OC(C)(C)C)C(=S)OCC1. The van der Waals surface area contributed by atoms with Crippen molar-refractivity contribution in [2.75, 3.05) is 6.61 Å². The second-order valence-electron chi connectivity index (χ2n) is 6.91. The smallest absolute Gasteiger partial charge is 0.326 e. The summed E-state index contributed by atoms with van der Waals surface area (Å²) in [5, 5.41) is 1.61. The van der Waals surface area contributed by atoms with Gasteiger partial charge in [0.15, 0.2) is 0 Å². The van der Waals surface area contributed by atoms with Crippen LogP contribution in [0.1, 0.15) is 37.6 Å². The van der Waals surface area contributed by atoms with Crippen LogP contribution in [0.15, 0.2) is 18.2 Å². The van der Waals surface area contributed by atoms with Crippen LogP contribution in [0, 0.1) is 6.92 Å². The van der Waals surface area contributed by atoms with E-state index >= 15 is 0 Å². The topological polar surface area (TPSA) is 40.5 Å². The number of hydrogen-bond donors (Lipinski definition) is 0. The molecule has 2 aromatic rings. The minimum atomic E-state index is -0.506. The van der Waals surface area contributed by atoms with E-state index in [-0.39, 0.29) is 12.5 Å². The van der Waals surface area contributed by atoms with E-state index < -0.39 is 5.60 Å². The van der Waals surface area contributed by atoms with Gasteiger partial charge in [-0.05, 0) is 57.6 Å². The van der Waals surface area contributed by atoms with Crippen molar-refractivity contribution in [2.45, 2.75) is 46.3 Å². The normalized spacial score (nSPS) is 14.5. The fourth-order valence-corrected chi connectivity index (χ4v) is 3.32. The van der Waals surface area contributed by atoms with Gasteiger partial charge in [-0.15, -0.1) is 0 Å². The molecule has 0 atom stereocenters. The minimum Gasteiger partial charge on any atom is -0.481 e. The summed E-state index contributed by atoms with van der Waals surface area (Å²) in [7, 11) is 0. The van der Waals surface area contributed by atoms with E-state index in [9.17, 15) is 4.79 Å². The van der Waals surface area contributed by atoms with Crippen molar-refractivity contribution in [3.63, 3.8) is 0 Å². The maximum absolute atomic E-state index is 12.3. The van der Waals surface area contributed by atoms with Crippen molar-refractivity contribution < 1.29 is 14.3 Å². The quantitative estimate of drug-likeness (QED) is 0.623. The Morgan fingerprint density at radius 2 is 2.13 bits per heavy atom. The van der Waals surface area contributed by atoms with Gasteiger partial charge in [-0.2, -0.15) is 0 Å². The fourth-order valence-electron chi connectivity index (χ4n) is 3.01. The van der Waals surface area contributed by atoms with Gasteiger partial charge in [0.25, 0.3) is 0 Å². The number of fused-ring (bicyclic) bond motifs is 3.